The second-order valence-corrected chi connectivity index (χ2v) is 4.41. The maximum atomic E-state index is 11.9. The smallest absolute Gasteiger partial charge is 0.270 e. The van der Waals surface area contributed by atoms with Crippen molar-refractivity contribution in [3.8, 4) is 5.75 Å². The number of benzene rings is 1. The first-order valence-electron chi connectivity index (χ1n) is 6.44. The summed E-state index contributed by atoms with van der Waals surface area (Å²) in [6, 6.07) is 7.98. The van der Waals surface area contributed by atoms with Crippen LogP contribution in [0.4, 0.5) is 11.5 Å². The van der Waals surface area contributed by atoms with Crippen LogP contribution in [0.25, 0.3) is 0 Å². The molecule has 2 rings (SSSR count). The molecular weight excluding hydrogens is 304 g/mol. The SMILES string of the molecule is O=C(CNC(=O)c1cccc([N+](=O)[O-])c1)Nc1ncccc1O. The number of amides is 2. The second kappa shape index (κ2) is 6.98. The molecule has 23 heavy (non-hydrogen) atoms. The average Bonchev–Trinajstić information content (AvgIpc) is 2.55. The number of nitro benzene ring substituents is 1. The number of carbonyl (C=O) groups excluding carboxylic acids is 2. The molecule has 1 aromatic heterocycles. The first-order chi connectivity index (χ1) is 11.0. The van der Waals surface area contributed by atoms with Gasteiger partial charge in [0.15, 0.2) is 11.6 Å². The molecule has 0 spiro atoms. The summed E-state index contributed by atoms with van der Waals surface area (Å²) in [5, 5.41) is 24.8. The van der Waals surface area contributed by atoms with Crippen molar-refractivity contribution >= 4 is 23.3 Å². The molecular formula is C14H12N4O5. The zero-order valence-electron chi connectivity index (χ0n) is 11.7. The highest BCUT2D eigenvalue weighted by atomic mass is 16.6. The molecule has 0 aliphatic carbocycles. The number of non-ortho nitro benzene ring substituents is 1. The van der Waals surface area contributed by atoms with Crippen molar-refractivity contribution in [3.63, 3.8) is 0 Å². The van der Waals surface area contributed by atoms with E-state index >= 15 is 0 Å². The van der Waals surface area contributed by atoms with Gasteiger partial charge in [0.1, 0.15) is 0 Å². The van der Waals surface area contributed by atoms with Gasteiger partial charge in [0.05, 0.1) is 11.5 Å². The maximum Gasteiger partial charge on any atom is 0.270 e. The quantitative estimate of drug-likeness (QED) is 0.557. The maximum absolute atomic E-state index is 11.9. The van der Waals surface area contributed by atoms with E-state index in [9.17, 15) is 24.8 Å². The van der Waals surface area contributed by atoms with E-state index < -0.39 is 16.7 Å². The molecule has 0 atom stereocenters. The Morgan fingerprint density at radius 3 is 2.74 bits per heavy atom. The van der Waals surface area contributed by atoms with Crippen molar-refractivity contribution in [2.75, 3.05) is 11.9 Å². The number of aromatic nitrogens is 1. The van der Waals surface area contributed by atoms with Crippen LogP contribution in [0.3, 0.4) is 0 Å². The summed E-state index contributed by atoms with van der Waals surface area (Å²) in [5.41, 5.74) is -0.159. The highest BCUT2D eigenvalue weighted by Gasteiger charge is 2.13. The number of rotatable bonds is 5. The molecule has 0 unspecified atom stereocenters. The summed E-state index contributed by atoms with van der Waals surface area (Å²) in [6.45, 7) is -0.377. The highest BCUT2D eigenvalue weighted by Crippen LogP contribution is 2.17. The molecule has 3 N–H and O–H groups in total. The van der Waals surface area contributed by atoms with Gasteiger partial charge in [-0.25, -0.2) is 4.98 Å². The molecule has 9 nitrogen and oxygen atoms in total. The third kappa shape index (κ3) is 4.24. The van der Waals surface area contributed by atoms with E-state index in [2.05, 4.69) is 15.6 Å². The molecule has 0 radical (unpaired) electrons. The van der Waals surface area contributed by atoms with Crippen LogP contribution in [-0.2, 0) is 4.79 Å². The first-order valence-corrected chi connectivity index (χ1v) is 6.44. The van der Waals surface area contributed by atoms with Crippen LogP contribution in [0.15, 0.2) is 42.6 Å². The fourth-order valence-corrected chi connectivity index (χ4v) is 1.69. The Morgan fingerprint density at radius 2 is 2.04 bits per heavy atom. The van der Waals surface area contributed by atoms with Crippen LogP contribution < -0.4 is 10.6 Å². The van der Waals surface area contributed by atoms with Gasteiger partial charge in [-0.2, -0.15) is 0 Å². The van der Waals surface area contributed by atoms with Crippen molar-refractivity contribution < 1.29 is 19.6 Å². The van der Waals surface area contributed by atoms with Crippen molar-refractivity contribution in [2.45, 2.75) is 0 Å². The van der Waals surface area contributed by atoms with Gasteiger partial charge in [-0.05, 0) is 18.2 Å². The summed E-state index contributed by atoms with van der Waals surface area (Å²) >= 11 is 0. The summed E-state index contributed by atoms with van der Waals surface area (Å²) < 4.78 is 0. The number of nitrogens with one attached hydrogen (secondary N) is 2. The molecule has 2 aromatic rings. The summed E-state index contributed by atoms with van der Waals surface area (Å²) in [7, 11) is 0. The lowest BCUT2D eigenvalue weighted by Gasteiger charge is -2.07. The summed E-state index contributed by atoms with van der Waals surface area (Å²) in [4.78, 5) is 37.4. The first kappa shape index (κ1) is 15.9. The van der Waals surface area contributed by atoms with Crippen molar-refractivity contribution in [2.24, 2.45) is 0 Å². The Labute approximate surface area is 130 Å². The molecule has 1 heterocycles. The van der Waals surface area contributed by atoms with E-state index in [1.807, 2.05) is 0 Å². The molecule has 0 aliphatic heterocycles. The third-order valence-corrected chi connectivity index (χ3v) is 2.77. The predicted molar refractivity (Wildman–Crippen MR) is 80.0 cm³/mol. The van der Waals surface area contributed by atoms with Crippen LogP contribution in [-0.4, -0.2) is 33.4 Å². The van der Waals surface area contributed by atoms with Crippen LogP contribution in [0, 0.1) is 10.1 Å². The minimum Gasteiger partial charge on any atom is -0.504 e. The van der Waals surface area contributed by atoms with Gasteiger partial charge in [-0.3, -0.25) is 19.7 Å². The monoisotopic (exact) mass is 316 g/mol. The van der Waals surface area contributed by atoms with Gasteiger partial charge < -0.3 is 15.7 Å². The Hall–Kier alpha value is -3.49. The fraction of sp³-hybridized carbons (Fsp3) is 0.0714. The zero-order chi connectivity index (χ0) is 16.8. The molecule has 0 fully saturated rings. The van der Waals surface area contributed by atoms with E-state index in [1.54, 1.807) is 0 Å². The molecule has 0 saturated heterocycles. The lowest BCUT2D eigenvalue weighted by Crippen LogP contribution is -2.33. The highest BCUT2D eigenvalue weighted by molar-refractivity contribution is 5.99. The number of hydrogen-bond donors (Lipinski definition) is 3. The van der Waals surface area contributed by atoms with Crippen LogP contribution in [0.2, 0.25) is 0 Å². The topological polar surface area (TPSA) is 134 Å². The van der Waals surface area contributed by atoms with Crippen LogP contribution in [0.1, 0.15) is 10.4 Å². The Balaban J connectivity index is 1.94. The number of nitrogens with zero attached hydrogens (tertiary/aromatic N) is 2. The average molecular weight is 316 g/mol. The number of aromatic hydroxyl groups is 1. The number of nitro groups is 1. The molecule has 0 aliphatic rings. The molecule has 0 saturated carbocycles. The standard InChI is InChI=1S/C14H12N4O5/c19-11-5-2-6-15-13(11)17-12(20)8-16-14(21)9-3-1-4-10(7-9)18(22)23/h1-7,19H,8H2,(H,16,21)(H,15,17,20). The molecule has 9 heteroatoms. The van der Waals surface area contributed by atoms with Crippen molar-refractivity contribution in [3.05, 3.63) is 58.3 Å². The van der Waals surface area contributed by atoms with Gasteiger partial charge in [0.25, 0.3) is 11.6 Å². The Bertz CT molecular complexity index is 762. The van der Waals surface area contributed by atoms with Crippen LogP contribution >= 0.6 is 0 Å². The molecule has 1 aromatic carbocycles. The van der Waals surface area contributed by atoms with E-state index in [0.717, 1.165) is 6.07 Å². The van der Waals surface area contributed by atoms with E-state index in [4.69, 9.17) is 0 Å². The van der Waals surface area contributed by atoms with Crippen LogP contribution in [0.5, 0.6) is 5.75 Å². The molecule has 118 valence electrons. The normalized spacial score (nSPS) is 9.91. The lowest BCUT2D eigenvalue weighted by molar-refractivity contribution is -0.384. The number of hydrogen-bond acceptors (Lipinski definition) is 6. The third-order valence-electron chi connectivity index (χ3n) is 2.77. The molecule has 2 amide bonds. The van der Waals surface area contributed by atoms with E-state index in [-0.39, 0.29) is 29.4 Å². The zero-order valence-corrected chi connectivity index (χ0v) is 11.7. The predicted octanol–water partition coefficient (Wildman–Crippen LogP) is 1.06. The largest absolute Gasteiger partial charge is 0.504 e. The minimum absolute atomic E-state index is 0.0258. The minimum atomic E-state index is -0.630. The number of pyridine rings is 1. The molecule has 0 bridgehead atoms. The van der Waals surface area contributed by atoms with Gasteiger partial charge in [-0.15, -0.1) is 0 Å². The summed E-state index contributed by atoms with van der Waals surface area (Å²) in [6.07, 6.45) is 1.39. The van der Waals surface area contributed by atoms with Gasteiger partial charge in [0.2, 0.25) is 5.91 Å². The second-order valence-electron chi connectivity index (χ2n) is 4.41. The van der Waals surface area contributed by atoms with Gasteiger partial charge >= 0.3 is 0 Å². The summed E-state index contributed by atoms with van der Waals surface area (Å²) in [5.74, 6) is -1.46. The van der Waals surface area contributed by atoms with E-state index in [0.29, 0.717) is 0 Å². The fourth-order valence-electron chi connectivity index (χ4n) is 1.69. The lowest BCUT2D eigenvalue weighted by atomic mass is 10.2. The Kier molecular flexibility index (Phi) is 4.82. The van der Waals surface area contributed by atoms with Gasteiger partial charge in [0, 0.05) is 23.9 Å². The number of anilines is 1. The van der Waals surface area contributed by atoms with E-state index in [1.165, 1.54) is 36.5 Å². The van der Waals surface area contributed by atoms with Gasteiger partial charge in [-0.1, -0.05) is 6.07 Å². The van der Waals surface area contributed by atoms with Crippen molar-refractivity contribution in [1.29, 1.82) is 0 Å². The Morgan fingerprint density at radius 1 is 1.26 bits per heavy atom. The number of carbonyl (C=O) groups is 2. The van der Waals surface area contributed by atoms with Crippen molar-refractivity contribution in [1.82, 2.24) is 10.3 Å².